The van der Waals surface area contributed by atoms with Crippen molar-refractivity contribution in [2.24, 2.45) is 7.05 Å². The Morgan fingerprint density at radius 2 is 1.88 bits per heavy atom. The fourth-order valence-electron chi connectivity index (χ4n) is 4.16. The molecule has 0 aliphatic carbocycles. The quantitative estimate of drug-likeness (QED) is 0.608. The summed E-state index contributed by atoms with van der Waals surface area (Å²) < 4.78 is 46.3. The molecule has 8 nitrogen and oxygen atoms in total. The van der Waals surface area contributed by atoms with Crippen LogP contribution in [0.2, 0.25) is 0 Å². The van der Waals surface area contributed by atoms with Crippen molar-refractivity contribution in [3.05, 3.63) is 57.6 Å². The molecule has 3 aromatic rings. The van der Waals surface area contributed by atoms with Gasteiger partial charge in [-0.1, -0.05) is 12.1 Å². The van der Waals surface area contributed by atoms with Crippen LogP contribution in [0.25, 0.3) is 10.9 Å². The van der Waals surface area contributed by atoms with Gasteiger partial charge in [0.25, 0.3) is 5.56 Å². The van der Waals surface area contributed by atoms with Crippen LogP contribution in [-0.4, -0.2) is 50.5 Å². The molecule has 0 amide bonds. The fourth-order valence-corrected chi connectivity index (χ4v) is 5.01. The molecule has 10 heteroatoms. The highest BCUT2D eigenvalue weighted by atomic mass is 32.2. The molecule has 33 heavy (non-hydrogen) atoms. The Balaban J connectivity index is 1.88. The summed E-state index contributed by atoms with van der Waals surface area (Å²) in [5.41, 5.74) is 1.16. The maximum atomic E-state index is 15.1. The first-order chi connectivity index (χ1) is 15.6. The number of para-hydroxylation sites is 1. The molecule has 1 fully saturated rings. The number of nitrogens with one attached hydrogen (secondary N) is 1. The van der Waals surface area contributed by atoms with E-state index < -0.39 is 27.3 Å². The molecule has 1 N–H and O–H groups in total. The molecule has 1 aliphatic rings. The molecule has 0 saturated carbocycles. The smallest absolute Gasteiger partial charge is 0.265 e. The number of sulfone groups is 1. The van der Waals surface area contributed by atoms with Crippen LogP contribution < -0.4 is 15.8 Å². The summed E-state index contributed by atoms with van der Waals surface area (Å²) in [4.78, 5) is 20.1. The maximum Gasteiger partial charge on any atom is 0.265 e. The highest BCUT2D eigenvalue weighted by molar-refractivity contribution is 7.90. The summed E-state index contributed by atoms with van der Waals surface area (Å²) in [6.07, 6.45) is 1.15. The number of ether oxygens (including phenoxy) is 1. The van der Waals surface area contributed by atoms with E-state index in [1.807, 2.05) is 11.8 Å². The molecule has 1 atom stereocenters. The first-order valence-corrected chi connectivity index (χ1v) is 12.6. The largest absolute Gasteiger partial charge is 0.378 e. The van der Waals surface area contributed by atoms with E-state index in [9.17, 15) is 13.2 Å². The Morgan fingerprint density at radius 1 is 1.21 bits per heavy atom. The van der Waals surface area contributed by atoms with Crippen molar-refractivity contribution in [1.29, 1.82) is 0 Å². The first-order valence-electron chi connectivity index (χ1n) is 10.7. The number of aromatic nitrogens is 2. The number of morpholine rings is 1. The van der Waals surface area contributed by atoms with Crippen LogP contribution in [0.5, 0.6) is 0 Å². The molecule has 2 heterocycles. The van der Waals surface area contributed by atoms with Gasteiger partial charge in [0.05, 0.1) is 35.4 Å². The van der Waals surface area contributed by atoms with E-state index in [1.165, 1.54) is 10.6 Å². The first kappa shape index (κ1) is 23.2. The molecule has 0 spiro atoms. The topological polar surface area (TPSA) is 93.5 Å². The number of halogens is 1. The van der Waals surface area contributed by atoms with Crippen LogP contribution in [-0.2, 0) is 21.6 Å². The van der Waals surface area contributed by atoms with Gasteiger partial charge in [-0.05, 0) is 37.6 Å². The third kappa shape index (κ3) is 4.32. The van der Waals surface area contributed by atoms with Gasteiger partial charge in [-0.3, -0.25) is 9.36 Å². The normalized spacial score (nSPS) is 15.6. The van der Waals surface area contributed by atoms with E-state index in [0.29, 0.717) is 49.1 Å². The molecule has 1 aromatic heterocycles. The summed E-state index contributed by atoms with van der Waals surface area (Å²) in [5, 5.41) is 3.15. The van der Waals surface area contributed by atoms with Crippen molar-refractivity contribution in [1.82, 2.24) is 9.55 Å². The molecule has 0 bridgehead atoms. The van der Waals surface area contributed by atoms with Crippen molar-refractivity contribution in [3.8, 4) is 0 Å². The Hall–Kier alpha value is -2.98. The number of aryl methyl sites for hydroxylation is 1. The van der Waals surface area contributed by atoms with Gasteiger partial charge in [-0.25, -0.2) is 17.8 Å². The van der Waals surface area contributed by atoms with Gasteiger partial charge < -0.3 is 15.0 Å². The zero-order chi connectivity index (χ0) is 23.9. The summed E-state index contributed by atoms with van der Waals surface area (Å²) in [5.74, 6) is -0.150. The lowest BCUT2D eigenvalue weighted by atomic mass is 10.00. The van der Waals surface area contributed by atoms with Gasteiger partial charge in [-0.15, -0.1) is 0 Å². The van der Waals surface area contributed by atoms with E-state index >= 15 is 4.39 Å². The highest BCUT2D eigenvalue weighted by Gasteiger charge is 2.24. The number of fused-ring (bicyclic) bond motifs is 1. The molecular formula is C23H27FN4O4S. The molecule has 2 aromatic carbocycles. The van der Waals surface area contributed by atoms with Crippen molar-refractivity contribution in [3.63, 3.8) is 0 Å². The predicted molar refractivity (Wildman–Crippen MR) is 126 cm³/mol. The minimum Gasteiger partial charge on any atom is -0.378 e. The summed E-state index contributed by atoms with van der Waals surface area (Å²) in [6, 6.07) is 7.81. The minimum atomic E-state index is -3.46. The molecular weight excluding hydrogens is 447 g/mol. The lowest BCUT2D eigenvalue weighted by Crippen LogP contribution is -2.40. The van der Waals surface area contributed by atoms with Crippen LogP contribution in [0.1, 0.15) is 24.1 Å². The van der Waals surface area contributed by atoms with Crippen LogP contribution >= 0.6 is 0 Å². The zero-order valence-electron chi connectivity index (χ0n) is 19.1. The van der Waals surface area contributed by atoms with Crippen LogP contribution in [0.3, 0.4) is 0 Å². The van der Waals surface area contributed by atoms with E-state index in [4.69, 9.17) is 9.72 Å². The number of anilines is 2. The van der Waals surface area contributed by atoms with E-state index in [-0.39, 0.29) is 15.8 Å². The number of rotatable bonds is 5. The standard InChI is InChI=1S/C23H27FN4O4S/c1-14-13-16(15(2)25-17-7-5-6-8-18(17)33(4,30)31)21-19(20(14)24)22(29)27(3)23(26-21)28-9-11-32-12-10-28/h5-8,13,15,25H,9-12H2,1-4H3/t15-/m1/s1. The Morgan fingerprint density at radius 3 is 2.55 bits per heavy atom. The Kier molecular flexibility index (Phi) is 6.15. The third-order valence-corrected chi connectivity index (χ3v) is 7.05. The maximum absolute atomic E-state index is 15.1. The average molecular weight is 475 g/mol. The molecule has 1 saturated heterocycles. The summed E-state index contributed by atoms with van der Waals surface area (Å²) in [6.45, 7) is 5.62. The van der Waals surface area contributed by atoms with Crippen molar-refractivity contribution in [2.75, 3.05) is 42.8 Å². The van der Waals surface area contributed by atoms with Gasteiger partial charge in [0, 0.05) is 32.0 Å². The zero-order valence-corrected chi connectivity index (χ0v) is 19.9. The van der Waals surface area contributed by atoms with E-state index in [1.54, 1.807) is 38.2 Å². The number of nitrogens with zero attached hydrogens (tertiary/aromatic N) is 3. The molecule has 176 valence electrons. The average Bonchev–Trinajstić information content (AvgIpc) is 2.78. The second kappa shape index (κ2) is 8.75. The van der Waals surface area contributed by atoms with Gasteiger partial charge in [0.2, 0.25) is 5.95 Å². The van der Waals surface area contributed by atoms with Gasteiger partial charge in [0.1, 0.15) is 11.2 Å². The van der Waals surface area contributed by atoms with Gasteiger partial charge in [0.15, 0.2) is 9.84 Å². The third-order valence-electron chi connectivity index (χ3n) is 5.90. The number of hydrogen-bond donors (Lipinski definition) is 1. The van der Waals surface area contributed by atoms with E-state index in [2.05, 4.69) is 5.32 Å². The lowest BCUT2D eigenvalue weighted by molar-refractivity contribution is 0.121. The minimum absolute atomic E-state index is 0.0745. The van der Waals surface area contributed by atoms with Gasteiger partial charge >= 0.3 is 0 Å². The fraction of sp³-hybridized carbons (Fsp3) is 0.391. The van der Waals surface area contributed by atoms with Crippen LogP contribution in [0.15, 0.2) is 40.0 Å². The summed E-state index contributed by atoms with van der Waals surface area (Å²) >= 11 is 0. The molecule has 1 aliphatic heterocycles. The van der Waals surface area contributed by atoms with E-state index in [0.717, 1.165) is 6.26 Å². The number of hydrogen-bond acceptors (Lipinski definition) is 7. The van der Waals surface area contributed by atoms with Crippen molar-refractivity contribution < 1.29 is 17.5 Å². The SMILES string of the molecule is Cc1cc([C@@H](C)Nc2ccccc2S(C)(=O)=O)c2nc(N3CCOCC3)n(C)c(=O)c2c1F. The Labute approximate surface area is 191 Å². The molecule has 0 radical (unpaired) electrons. The Bertz CT molecular complexity index is 1380. The monoisotopic (exact) mass is 474 g/mol. The van der Waals surface area contributed by atoms with Gasteiger partial charge in [-0.2, -0.15) is 0 Å². The second-order valence-electron chi connectivity index (χ2n) is 8.33. The highest BCUT2D eigenvalue weighted by Crippen LogP contribution is 2.31. The van der Waals surface area contributed by atoms with Crippen molar-refractivity contribution in [2.45, 2.75) is 24.8 Å². The second-order valence-corrected chi connectivity index (χ2v) is 10.3. The van der Waals surface area contributed by atoms with Crippen LogP contribution in [0, 0.1) is 12.7 Å². The summed E-state index contributed by atoms with van der Waals surface area (Å²) in [7, 11) is -1.87. The molecule has 0 unspecified atom stereocenters. The van der Waals surface area contributed by atoms with Crippen molar-refractivity contribution >= 4 is 32.4 Å². The predicted octanol–water partition coefficient (Wildman–Crippen LogP) is 2.79. The lowest BCUT2D eigenvalue weighted by Gasteiger charge is -2.29. The molecule has 4 rings (SSSR count). The number of benzene rings is 2. The van der Waals surface area contributed by atoms with Crippen LogP contribution in [0.4, 0.5) is 16.0 Å².